The van der Waals surface area contributed by atoms with Gasteiger partial charge in [0.15, 0.2) is 0 Å². The van der Waals surface area contributed by atoms with Crippen molar-refractivity contribution in [3.8, 4) is 0 Å². The van der Waals surface area contributed by atoms with Crippen LogP contribution < -0.4 is 0 Å². The monoisotopic (exact) mass is 286 g/mol. The van der Waals surface area contributed by atoms with Gasteiger partial charge in [0.1, 0.15) is 6.10 Å². The average molecular weight is 287 g/mol. The zero-order valence-corrected chi connectivity index (χ0v) is 11.8. The van der Waals surface area contributed by atoms with E-state index in [1.807, 2.05) is 18.4 Å². The van der Waals surface area contributed by atoms with Crippen LogP contribution in [-0.2, 0) is 11.3 Å². The van der Waals surface area contributed by atoms with Gasteiger partial charge in [0, 0.05) is 12.0 Å². The van der Waals surface area contributed by atoms with Crippen LogP contribution in [0.4, 0.5) is 0 Å². The highest BCUT2D eigenvalue weighted by molar-refractivity contribution is 7.10. The van der Waals surface area contributed by atoms with Crippen LogP contribution in [0.15, 0.2) is 17.6 Å². The van der Waals surface area contributed by atoms with Gasteiger partial charge in [-0.2, -0.15) is 5.10 Å². The summed E-state index contributed by atoms with van der Waals surface area (Å²) in [5.74, 6) is 0. The molecule has 2 rings (SSSR count). The van der Waals surface area contributed by atoms with Crippen molar-refractivity contribution in [2.75, 3.05) is 13.7 Å². The molecule has 0 saturated carbocycles. The number of thiophene rings is 1. The average Bonchev–Trinajstić information content (AvgIpc) is 2.92. The fourth-order valence-corrected chi connectivity index (χ4v) is 2.95. The highest BCUT2D eigenvalue weighted by Crippen LogP contribution is 2.32. The van der Waals surface area contributed by atoms with Gasteiger partial charge in [0.25, 0.3) is 0 Å². The largest absolute Gasteiger partial charge is 0.383 e. The number of rotatable bonds is 5. The second-order valence-corrected chi connectivity index (χ2v) is 5.32. The standard InChI is InChI=1S/C12H15ClN2O2S/c1-8-3-6-18-12(8)11(16)10-9(13)7-14-15(10)4-5-17-2/h3,6-7,11,16H,4-5H2,1-2H3. The molecule has 2 aromatic rings. The Morgan fingerprint density at radius 1 is 1.61 bits per heavy atom. The molecule has 98 valence electrons. The predicted octanol–water partition coefficient (Wildman–Crippen LogP) is 2.63. The minimum Gasteiger partial charge on any atom is -0.383 e. The Bertz CT molecular complexity index is 524. The summed E-state index contributed by atoms with van der Waals surface area (Å²) >= 11 is 7.62. The van der Waals surface area contributed by atoms with Gasteiger partial charge in [-0.15, -0.1) is 11.3 Å². The lowest BCUT2D eigenvalue weighted by atomic mass is 10.1. The SMILES string of the molecule is COCCn1ncc(Cl)c1C(O)c1sccc1C. The number of hydrogen-bond donors (Lipinski definition) is 1. The first-order valence-electron chi connectivity index (χ1n) is 5.57. The third kappa shape index (κ3) is 2.59. The molecule has 0 aliphatic rings. The second kappa shape index (κ2) is 5.84. The molecule has 0 saturated heterocycles. The summed E-state index contributed by atoms with van der Waals surface area (Å²) in [6.07, 6.45) is 0.815. The van der Waals surface area contributed by atoms with Crippen molar-refractivity contribution in [3.63, 3.8) is 0 Å². The molecule has 18 heavy (non-hydrogen) atoms. The van der Waals surface area contributed by atoms with Crippen LogP contribution in [0.25, 0.3) is 0 Å². The van der Waals surface area contributed by atoms with Crippen LogP contribution in [0.3, 0.4) is 0 Å². The summed E-state index contributed by atoms with van der Waals surface area (Å²) in [6, 6.07) is 1.98. The number of halogens is 1. The summed E-state index contributed by atoms with van der Waals surface area (Å²) in [5.41, 5.74) is 1.68. The lowest BCUT2D eigenvalue weighted by Gasteiger charge is -2.13. The smallest absolute Gasteiger partial charge is 0.131 e. The Hall–Kier alpha value is -0.880. The van der Waals surface area contributed by atoms with E-state index >= 15 is 0 Å². The maximum absolute atomic E-state index is 10.4. The Labute approximate surface area is 115 Å². The van der Waals surface area contributed by atoms with E-state index in [4.69, 9.17) is 16.3 Å². The predicted molar refractivity (Wildman–Crippen MR) is 72.2 cm³/mol. The maximum Gasteiger partial charge on any atom is 0.131 e. The minimum absolute atomic E-state index is 0.478. The summed E-state index contributed by atoms with van der Waals surface area (Å²) in [4.78, 5) is 0.899. The van der Waals surface area contributed by atoms with Crippen LogP contribution in [0.2, 0.25) is 5.02 Å². The molecule has 0 aliphatic heterocycles. The molecular weight excluding hydrogens is 272 g/mol. The maximum atomic E-state index is 10.4. The molecule has 2 heterocycles. The lowest BCUT2D eigenvalue weighted by Crippen LogP contribution is -2.13. The fraction of sp³-hybridized carbons (Fsp3) is 0.417. The van der Waals surface area contributed by atoms with Gasteiger partial charge in [-0.05, 0) is 23.9 Å². The molecule has 1 N–H and O–H groups in total. The van der Waals surface area contributed by atoms with Gasteiger partial charge < -0.3 is 9.84 Å². The van der Waals surface area contributed by atoms with Crippen molar-refractivity contribution in [1.82, 2.24) is 9.78 Å². The van der Waals surface area contributed by atoms with Crippen LogP contribution in [0.5, 0.6) is 0 Å². The molecule has 4 nitrogen and oxygen atoms in total. The number of nitrogens with zero attached hydrogens (tertiary/aromatic N) is 2. The Balaban J connectivity index is 2.32. The summed E-state index contributed by atoms with van der Waals surface area (Å²) in [7, 11) is 1.63. The van der Waals surface area contributed by atoms with E-state index in [-0.39, 0.29) is 0 Å². The van der Waals surface area contributed by atoms with Gasteiger partial charge >= 0.3 is 0 Å². The van der Waals surface area contributed by atoms with E-state index in [0.29, 0.717) is 23.9 Å². The van der Waals surface area contributed by atoms with Crippen LogP contribution in [-0.4, -0.2) is 28.6 Å². The molecule has 1 atom stereocenters. The first kappa shape index (κ1) is 13.5. The Kier molecular flexibility index (Phi) is 4.40. The number of aryl methyl sites for hydroxylation is 1. The zero-order valence-electron chi connectivity index (χ0n) is 10.3. The van der Waals surface area contributed by atoms with Crippen molar-refractivity contribution < 1.29 is 9.84 Å². The highest BCUT2D eigenvalue weighted by Gasteiger charge is 2.22. The van der Waals surface area contributed by atoms with Gasteiger partial charge in [-0.1, -0.05) is 11.6 Å². The molecule has 2 aromatic heterocycles. The Morgan fingerprint density at radius 2 is 2.39 bits per heavy atom. The van der Waals surface area contributed by atoms with Gasteiger partial charge in [0.2, 0.25) is 0 Å². The molecule has 6 heteroatoms. The summed E-state index contributed by atoms with van der Waals surface area (Å²) in [5, 5.41) is 17.0. The van der Waals surface area contributed by atoms with E-state index in [0.717, 1.165) is 10.4 Å². The molecule has 0 bridgehead atoms. The molecule has 0 fully saturated rings. The molecule has 0 spiro atoms. The topological polar surface area (TPSA) is 47.3 Å². The molecular formula is C12H15ClN2O2S. The fourth-order valence-electron chi connectivity index (χ4n) is 1.79. The van der Waals surface area contributed by atoms with Crippen molar-refractivity contribution in [2.24, 2.45) is 0 Å². The third-order valence-electron chi connectivity index (χ3n) is 2.75. The molecule has 0 amide bonds. The number of hydrogen-bond acceptors (Lipinski definition) is 4. The van der Waals surface area contributed by atoms with E-state index in [9.17, 15) is 5.11 Å². The third-order valence-corrected chi connectivity index (χ3v) is 4.11. The van der Waals surface area contributed by atoms with Gasteiger partial charge in [-0.3, -0.25) is 4.68 Å². The number of aliphatic hydroxyl groups is 1. The van der Waals surface area contributed by atoms with E-state index < -0.39 is 6.10 Å². The van der Waals surface area contributed by atoms with Crippen LogP contribution in [0, 0.1) is 6.92 Å². The van der Waals surface area contributed by atoms with Gasteiger partial charge in [-0.25, -0.2) is 0 Å². The molecule has 0 aliphatic carbocycles. The van der Waals surface area contributed by atoms with Crippen LogP contribution in [0.1, 0.15) is 22.2 Å². The quantitative estimate of drug-likeness (QED) is 0.919. The van der Waals surface area contributed by atoms with Crippen LogP contribution >= 0.6 is 22.9 Å². The van der Waals surface area contributed by atoms with Crippen molar-refractivity contribution in [2.45, 2.75) is 19.6 Å². The number of ether oxygens (including phenoxy) is 1. The number of methoxy groups -OCH3 is 1. The first-order chi connectivity index (χ1) is 8.65. The second-order valence-electron chi connectivity index (χ2n) is 3.96. The summed E-state index contributed by atoms with van der Waals surface area (Å²) < 4.78 is 6.71. The van der Waals surface area contributed by atoms with Crippen molar-refractivity contribution in [3.05, 3.63) is 38.8 Å². The van der Waals surface area contributed by atoms with Crippen molar-refractivity contribution >= 4 is 22.9 Å². The number of aliphatic hydroxyl groups excluding tert-OH is 1. The summed E-state index contributed by atoms with van der Waals surface area (Å²) in [6.45, 7) is 3.07. The molecule has 0 radical (unpaired) electrons. The first-order valence-corrected chi connectivity index (χ1v) is 6.83. The minimum atomic E-state index is -0.739. The van der Waals surface area contributed by atoms with E-state index in [2.05, 4.69) is 5.10 Å². The number of aromatic nitrogens is 2. The van der Waals surface area contributed by atoms with Crippen molar-refractivity contribution in [1.29, 1.82) is 0 Å². The normalized spacial score (nSPS) is 12.9. The van der Waals surface area contributed by atoms with E-state index in [1.54, 1.807) is 18.0 Å². The Morgan fingerprint density at radius 3 is 3.00 bits per heavy atom. The van der Waals surface area contributed by atoms with Gasteiger partial charge in [0.05, 0.1) is 30.1 Å². The zero-order chi connectivity index (χ0) is 13.1. The molecule has 0 aromatic carbocycles. The molecule has 1 unspecified atom stereocenters. The van der Waals surface area contributed by atoms with E-state index in [1.165, 1.54) is 11.3 Å². The lowest BCUT2D eigenvalue weighted by molar-refractivity contribution is 0.172. The highest BCUT2D eigenvalue weighted by atomic mass is 35.5.